The Bertz CT molecular complexity index is 1110. The normalized spacial score (nSPS) is 12.2. The maximum absolute atomic E-state index is 13.4. The summed E-state index contributed by atoms with van der Waals surface area (Å²) in [4.78, 5) is 25.0. The van der Waals surface area contributed by atoms with E-state index in [4.69, 9.17) is 9.47 Å². The van der Waals surface area contributed by atoms with Gasteiger partial charge in [-0.2, -0.15) is 0 Å². The fraction of sp³-hybridized carbons (Fsp3) is 0.200. The van der Waals surface area contributed by atoms with Gasteiger partial charge in [-0.1, -0.05) is 29.5 Å². The van der Waals surface area contributed by atoms with Gasteiger partial charge in [-0.05, 0) is 42.3 Å². The molecule has 0 saturated heterocycles. The minimum Gasteiger partial charge on any atom is -0.454 e. The van der Waals surface area contributed by atoms with E-state index < -0.39 is 0 Å². The van der Waals surface area contributed by atoms with Crippen LogP contribution in [0.15, 0.2) is 47.3 Å². The summed E-state index contributed by atoms with van der Waals surface area (Å²) >= 11 is 0.885. The molecule has 1 N–H and O–H groups in total. The number of ether oxygens (including phenoxy) is 2. The van der Waals surface area contributed by atoms with E-state index in [1.807, 2.05) is 12.1 Å². The maximum Gasteiger partial charge on any atom is 0.308 e. The molecule has 0 atom stereocenters. The number of halogens is 1. The van der Waals surface area contributed by atoms with E-state index in [9.17, 15) is 14.0 Å². The molecule has 1 aliphatic heterocycles. The van der Waals surface area contributed by atoms with Crippen molar-refractivity contribution >= 4 is 17.2 Å². The predicted molar refractivity (Wildman–Crippen MR) is 103 cm³/mol. The molecule has 0 saturated carbocycles. The highest BCUT2D eigenvalue weighted by atomic mass is 32.1. The first-order valence-electron chi connectivity index (χ1n) is 8.62. The quantitative estimate of drug-likeness (QED) is 0.715. The average Bonchev–Trinajstić information content (AvgIpc) is 3.25. The van der Waals surface area contributed by atoms with E-state index >= 15 is 0 Å². The lowest BCUT2D eigenvalue weighted by atomic mass is 10.2. The maximum atomic E-state index is 13.4. The molecule has 28 heavy (non-hydrogen) atoms. The van der Waals surface area contributed by atoms with Crippen LogP contribution in [0.4, 0.5) is 4.39 Å². The van der Waals surface area contributed by atoms with Crippen molar-refractivity contribution in [3.05, 3.63) is 79.6 Å². The third kappa shape index (κ3) is 3.63. The number of carbonyl (C=O) groups is 1. The lowest BCUT2D eigenvalue weighted by molar-refractivity contribution is 0.0953. The number of hydrogen-bond acceptors (Lipinski definition) is 5. The van der Waals surface area contributed by atoms with Gasteiger partial charge < -0.3 is 14.8 Å². The number of nitrogens with one attached hydrogen (secondary N) is 1. The van der Waals surface area contributed by atoms with Gasteiger partial charge >= 0.3 is 4.87 Å². The third-order valence-electron chi connectivity index (χ3n) is 4.47. The lowest BCUT2D eigenvalue weighted by Gasteiger charge is -2.08. The number of benzene rings is 2. The lowest BCUT2D eigenvalue weighted by Crippen LogP contribution is -2.23. The monoisotopic (exact) mass is 400 g/mol. The van der Waals surface area contributed by atoms with Crippen molar-refractivity contribution < 1.29 is 18.7 Å². The Morgan fingerprint density at radius 1 is 1.18 bits per heavy atom. The molecular formula is C20H17FN2O4S. The second-order valence-corrected chi connectivity index (χ2v) is 7.33. The summed E-state index contributed by atoms with van der Waals surface area (Å²) in [6.45, 7) is 2.42. The van der Waals surface area contributed by atoms with Gasteiger partial charge in [-0.25, -0.2) is 4.39 Å². The standard InChI is InChI=1S/C20H17FN2O4S/c1-12-18(28-20(25)23(12)10-14-3-2-4-15(21)7-14)19(24)22-9-13-5-6-16-17(8-13)27-11-26-16/h2-8H,9-11H2,1H3,(H,22,24). The van der Waals surface area contributed by atoms with Crippen LogP contribution in [0, 0.1) is 12.7 Å². The molecule has 2 heterocycles. The van der Waals surface area contributed by atoms with Crippen LogP contribution in [-0.4, -0.2) is 17.3 Å². The molecule has 1 aromatic heterocycles. The zero-order valence-corrected chi connectivity index (χ0v) is 15.8. The van der Waals surface area contributed by atoms with Gasteiger partial charge in [0, 0.05) is 12.2 Å². The van der Waals surface area contributed by atoms with Crippen molar-refractivity contribution in [3.8, 4) is 11.5 Å². The van der Waals surface area contributed by atoms with Crippen LogP contribution in [0.2, 0.25) is 0 Å². The molecule has 1 aliphatic rings. The zero-order chi connectivity index (χ0) is 19.7. The van der Waals surface area contributed by atoms with Crippen molar-refractivity contribution in [3.63, 3.8) is 0 Å². The molecule has 0 fully saturated rings. The van der Waals surface area contributed by atoms with Crippen LogP contribution in [-0.2, 0) is 13.1 Å². The highest BCUT2D eigenvalue weighted by molar-refractivity contribution is 7.11. The predicted octanol–water partition coefficient (Wildman–Crippen LogP) is 3.06. The number of carbonyl (C=O) groups excluding carboxylic acids is 1. The second kappa shape index (κ2) is 7.47. The number of hydrogen-bond donors (Lipinski definition) is 1. The fourth-order valence-electron chi connectivity index (χ4n) is 3.00. The molecule has 1 amide bonds. The van der Waals surface area contributed by atoms with Crippen molar-refractivity contribution in [1.82, 2.24) is 9.88 Å². The summed E-state index contributed by atoms with van der Waals surface area (Å²) < 4.78 is 25.5. The van der Waals surface area contributed by atoms with Crippen LogP contribution < -0.4 is 19.7 Å². The Hall–Kier alpha value is -3.13. The number of nitrogens with zero attached hydrogens (tertiary/aromatic N) is 1. The van der Waals surface area contributed by atoms with E-state index in [0.29, 0.717) is 34.2 Å². The number of aromatic nitrogens is 1. The first-order valence-corrected chi connectivity index (χ1v) is 9.44. The molecule has 3 aromatic rings. The summed E-state index contributed by atoms with van der Waals surface area (Å²) in [5.74, 6) is 0.641. The number of fused-ring (bicyclic) bond motifs is 1. The van der Waals surface area contributed by atoms with Crippen molar-refractivity contribution in [2.24, 2.45) is 0 Å². The first kappa shape index (κ1) is 18.2. The smallest absolute Gasteiger partial charge is 0.308 e. The van der Waals surface area contributed by atoms with Gasteiger partial charge in [-0.3, -0.25) is 14.2 Å². The Morgan fingerprint density at radius 3 is 2.82 bits per heavy atom. The molecule has 0 unspecified atom stereocenters. The van der Waals surface area contributed by atoms with Crippen LogP contribution >= 0.6 is 11.3 Å². The van der Waals surface area contributed by atoms with Crippen LogP contribution in [0.5, 0.6) is 11.5 Å². The van der Waals surface area contributed by atoms with Gasteiger partial charge in [0.05, 0.1) is 6.54 Å². The van der Waals surface area contributed by atoms with Gasteiger partial charge in [0.25, 0.3) is 5.91 Å². The molecule has 8 heteroatoms. The van der Waals surface area contributed by atoms with E-state index in [-0.39, 0.29) is 29.9 Å². The topological polar surface area (TPSA) is 69.6 Å². The van der Waals surface area contributed by atoms with E-state index in [2.05, 4.69) is 5.32 Å². The largest absolute Gasteiger partial charge is 0.454 e. The summed E-state index contributed by atoms with van der Waals surface area (Å²) in [6.07, 6.45) is 0. The highest BCUT2D eigenvalue weighted by Gasteiger charge is 2.18. The minimum atomic E-state index is -0.361. The second-order valence-electron chi connectivity index (χ2n) is 6.37. The molecule has 144 valence electrons. The van der Waals surface area contributed by atoms with Crippen LogP contribution in [0.1, 0.15) is 26.5 Å². The average molecular weight is 400 g/mol. The highest BCUT2D eigenvalue weighted by Crippen LogP contribution is 2.32. The van der Waals surface area contributed by atoms with Crippen LogP contribution in [0.3, 0.4) is 0 Å². The van der Waals surface area contributed by atoms with Gasteiger partial charge in [-0.15, -0.1) is 0 Å². The van der Waals surface area contributed by atoms with E-state index in [1.54, 1.807) is 25.1 Å². The van der Waals surface area contributed by atoms with Crippen molar-refractivity contribution in [1.29, 1.82) is 0 Å². The molecule has 0 radical (unpaired) electrons. The number of amides is 1. The van der Waals surface area contributed by atoms with Crippen molar-refractivity contribution in [2.45, 2.75) is 20.0 Å². The molecule has 4 rings (SSSR count). The zero-order valence-electron chi connectivity index (χ0n) is 15.0. The third-order valence-corrected chi connectivity index (χ3v) is 5.55. The summed E-state index contributed by atoms with van der Waals surface area (Å²) in [7, 11) is 0. The SMILES string of the molecule is Cc1c(C(=O)NCc2ccc3c(c2)OCO3)sc(=O)n1Cc1cccc(F)c1. The molecular weight excluding hydrogens is 383 g/mol. The van der Waals surface area contributed by atoms with Gasteiger partial charge in [0.1, 0.15) is 10.7 Å². The molecule has 0 spiro atoms. The number of thiazole rings is 1. The van der Waals surface area contributed by atoms with Gasteiger partial charge in [0.15, 0.2) is 11.5 Å². The van der Waals surface area contributed by atoms with E-state index in [0.717, 1.165) is 16.9 Å². The summed E-state index contributed by atoms with van der Waals surface area (Å²) in [6, 6.07) is 11.5. The van der Waals surface area contributed by atoms with Gasteiger partial charge in [0.2, 0.25) is 6.79 Å². The molecule has 0 bridgehead atoms. The summed E-state index contributed by atoms with van der Waals surface area (Å²) in [5.41, 5.74) is 2.08. The van der Waals surface area contributed by atoms with Crippen molar-refractivity contribution in [2.75, 3.05) is 6.79 Å². The number of rotatable bonds is 5. The Balaban J connectivity index is 1.48. The molecule has 2 aromatic carbocycles. The Kier molecular flexibility index (Phi) is 4.87. The van der Waals surface area contributed by atoms with E-state index in [1.165, 1.54) is 16.7 Å². The molecule has 0 aliphatic carbocycles. The summed E-state index contributed by atoms with van der Waals surface area (Å²) in [5, 5.41) is 2.82. The fourth-order valence-corrected chi connectivity index (χ4v) is 3.91. The molecule has 6 nitrogen and oxygen atoms in total. The first-order chi connectivity index (χ1) is 13.5. The Labute approximate surface area is 164 Å². The van der Waals surface area contributed by atoms with Crippen LogP contribution in [0.25, 0.3) is 0 Å². The Morgan fingerprint density at radius 2 is 2.00 bits per heavy atom. The minimum absolute atomic E-state index is 0.192.